The summed E-state index contributed by atoms with van der Waals surface area (Å²) in [6.45, 7) is 3.24. The topological polar surface area (TPSA) is 78.9 Å². The number of carbonyl (C=O) groups is 1. The molecule has 0 aliphatic rings. The standard InChI is InChI=1S/C11H13N3O/c1-11(2,13)10(15)14-9-5-3-4-8(6-9)7-12/h3-6H,13H2,1-2H3,(H,14,15). The minimum absolute atomic E-state index is 0.280. The molecule has 4 nitrogen and oxygen atoms in total. The van der Waals surface area contributed by atoms with Gasteiger partial charge < -0.3 is 11.1 Å². The summed E-state index contributed by atoms with van der Waals surface area (Å²) in [5.74, 6) is -0.280. The van der Waals surface area contributed by atoms with Gasteiger partial charge in [-0.3, -0.25) is 4.79 Å². The first kappa shape index (κ1) is 11.2. The van der Waals surface area contributed by atoms with Gasteiger partial charge in [0.15, 0.2) is 0 Å². The van der Waals surface area contributed by atoms with E-state index in [1.165, 1.54) is 0 Å². The average Bonchev–Trinajstić information content (AvgIpc) is 2.16. The van der Waals surface area contributed by atoms with Crippen molar-refractivity contribution in [2.24, 2.45) is 5.73 Å². The molecule has 0 saturated heterocycles. The van der Waals surface area contributed by atoms with Crippen molar-refractivity contribution in [1.82, 2.24) is 0 Å². The van der Waals surface area contributed by atoms with Gasteiger partial charge in [0.05, 0.1) is 17.2 Å². The number of nitrogens with zero attached hydrogens (tertiary/aromatic N) is 1. The Morgan fingerprint density at radius 1 is 1.53 bits per heavy atom. The molecule has 0 unspecified atom stereocenters. The van der Waals surface area contributed by atoms with Crippen LogP contribution in [0.5, 0.6) is 0 Å². The number of anilines is 1. The Bertz CT molecular complexity index is 413. The highest BCUT2D eigenvalue weighted by Crippen LogP contribution is 2.11. The predicted octanol–water partition coefficient (Wildman–Crippen LogP) is 1.23. The minimum atomic E-state index is -0.928. The largest absolute Gasteiger partial charge is 0.324 e. The normalized spacial score (nSPS) is 10.5. The molecule has 0 saturated carbocycles. The average molecular weight is 203 g/mol. The molecule has 4 heteroatoms. The molecule has 1 amide bonds. The lowest BCUT2D eigenvalue weighted by Crippen LogP contribution is -2.45. The summed E-state index contributed by atoms with van der Waals surface area (Å²) in [5.41, 5.74) is 5.78. The van der Waals surface area contributed by atoms with Gasteiger partial charge in [0.25, 0.3) is 0 Å². The maximum Gasteiger partial charge on any atom is 0.243 e. The van der Waals surface area contributed by atoms with Crippen LogP contribution in [-0.4, -0.2) is 11.4 Å². The summed E-state index contributed by atoms with van der Waals surface area (Å²) in [5, 5.41) is 11.3. The zero-order valence-electron chi connectivity index (χ0n) is 8.74. The highest BCUT2D eigenvalue weighted by atomic mass is 16.2. The van der Waals surface area contributed by atoms with Crippen LogP contribution >= 0.6 is 0 Å². The number of rotatable bonds is 2. The fraction of sp³-hybridized carbons (Fsp3) is 0.273. The molecule has 0 spiro atoms. The van der Waals surface area contributed by atoms with Crippen molar-refractivity contribution < 1.29 is 4.79 Å². The third-order valence-corrected chi connectivity index (χ3v) is 1.83. The van der Waals surface area contributed by atoms with Gasteiger partial charge in [0.2, 0.25) is 5.91 Å². The molecule has 3 N–H and O–H groups in total. The molecule has 0 aliphatic heterocycles. The summed E-state index contributed by atoms with van der Waals surface area (Å²) in [4.78, 5) is 11.5. The molecule has 0 aromatic heterocycles. The lowest BCUT2D eigenvalue weighted by molar-refractivity contribution is -0.120. The Kier molecular flexibility index (Phi) is 3.08. The van der Waals surface area contributed by atoms with E-state index in [-0.39, 0.29) is 5.91 Å². The summed E-state index contributed by atoms with van der Waals surface area (Å²) >= 11 is 0. The van der Waals surface area contributed by atoms with Crippen LogP contribution < -0.4 is 11.1 Å². The Balaban J connectivity index is 2.83. The van der Waals surface area contributed by atoms with Gasteiger partial charge in [-0.25, -0.2) is 0 Å². The van der Waals surface area contributed by atoms with E-state index in [9.17, 15) is 4.79 Å². The highest BCUT2D eigenvalue weighted by molar-refractivity contribution is 5.97. The third-order valence-electron chi connectivity index (χ3n) is 1.83. The van der Waals surface area contributed by atoms with Gasteiger partial charge in [0, 0.05) is 5.69 Å². The highest BCUT2D eigenvalue weighted by Gasteiger charge is 2.21. The van der Waals surface area contributed by atoms with Crippen LogP contribution in [-0.2, 0) is 4.79 Å². The van der Waals surface area contributed by atoms with Gasteiger partial charge >= 0.3 is 0 Å². The quantitative estimate of drug-likeness (QED) is 0.758. The summed E-state index contributed by atoms with van der Waals surface area (Å²) in [6.07, 6.45) is 0. The van der Waals surface area contributed by atoms with Crippen molar-refractivity contribution >= 4 is 11.6 Å². The Labute approximate surface area is 88.7 Å². The van der Waals surface area contributed by atoms with Gasteiger partial charge in [-0.2, -0.15) is 5.26 Å². The molecule has 15 heavy (non-hydrogen) atoms. The van der Waals surface area contributed by atoms with Crippen LogP contribution in [0.25, 0.3) is 0 Å². The molecule has 0 fully saturated rings. The molecule has 0 aliphatic carbocycles. The zero-order valence-corrected chi connectivity index (χ0v) is 8.74. The number of hydrogen-bond acceptors (Lipinski definition) is 3. The number of amides is 1. The second kappa shape index (κ2) is 4.11. The second-order valence-corrected chi connectivity index (χ2v) is 3.87. The number of nitriles is 1. The van der Waals surface area contributed by atoms with Crippen LogP contribution in [0.1, 0.15) is 19.4 Å². The number of carbonyl (C=O) groups excluding carboxylic acids is 1. The van der Waals surface area contributed by atoms with Gasteiger partial charge in [0.1, 0.15) is 0 Å². The van der Waals surface area contributed by atoms with Crippen molar-refractivity contribution in [2.45, 2.75) is 19.4 Å². The number of benzene rings is 1. The van der Waals surface area contributed by atoms with Crippen LogP contribution in [0.15, 0.2) is 24.3 Å². The van der Waals surface area contributed by atoms with Crippen LogP contribution in [0.3, 0.4) is 0 Å². The first-order valence-corrected chi connectivity index (χ1v) is 4.54. The first-order valence-electron chi connectivity index (χ1n) is 4.54. The smallest absolute Gasteiger partial charge is 0.243 e. The van der Waals surface area contributed by atoms with Gasteiger partial charge in [-0.15, -0.1) is 0 Å². The molecule has 0 radical (unpaired) electrons. The Hall–Kier alpha value is -1.86. The van der Waals surface area contributed by atoms with E-state index >= 15 is 0 Å². The zero-order chi connectivity index (χ0) is 11.5. The Morgan fingerprint density at radius 3 is 2.73 bits per heavy atom. The van der Waals surface area contributed by atoms with Gasteiger partial charge in [-0.05, 0) is 32.0 Å². The third kappa shape index (κ3) is 3.08. The summed E-state index contributed by atoms with van der Waals surface area (Å²) in [6, 6.07) is 8.69. The molecule has 0 atom stereocenters. The van der Waals surface area contributed by atoms with Crippen molar-refractivity contribution in [1.29, 1.82) is 5.26 Å². The first-order chi connectivity index (χ1) is 6.93. The molecular weight excluding hydrogens is 190 g/mol. The minimum Gasteiger partial charge on any atom is -0.324 e. The summed E-state index contributed by atoms with van der Waals surface area (Å²) in [7, 11) is 0. The molecule has 1 aromatic rings. The van der Waals surface area contributed by atoms with E-state index in [0.29, 0.717) is 11.3 Å². The van der Waals surface area contributed by atoms with Crippen molar-refractivity contribution in [2.75, 3.05) is 5.32 Å². The fourth-order valence-electron chi connectivity index (χ4n) is 0.959. The van der Waals surface area contributed by atoms with Crippen molar-refractivity contribution in [3.8, 4) is 6.07 Å². The molecule has 0 bridgehead atoms. The Morgan fingerprint density at radius 2 is 2.20 bits per heavy atom. The monoisotopic (exact) mass is 203 g/mol. The van der Waals surface area contributed by atoms with Gasteiger partial charge in [-0.1, -0.05) is 6.07 Å². The molecular formula is C11H13N3O. The van der Waals surface area contributed by atoms with E-state index in [1.54, 1.807) is 38.1 Å². The molecule has 78 valence electrons. The molecule has 1 rings (SSSR count). The van der Waals surface area contributed by atoms with Crippen molar-refractivity contribution in [3.63, 3.8) is 0 Å². The number of nitrogens with two attached hydrogens (primary N) is 1. The van der Waals surface area contributed by atoms with Crippen LogP contribution in [0.4, 0.5) is 5.69 Å². The number of nitrogens with one attached hydrogen (secondary N) is 1. The summed E-state index contributed by atoms with van der Waals surface area (Å²) < 4.78 is 0. The fourth-order valence-corrected chi connectivity index (χ4v) is 0.959. The number of hydrogen-bond donors (Lipinski definition) is 2. The predicted molar refractivity (Wildman–Crippen MR) is 58.1 cm³/mol. The van der Waals surface area contributed by atoms with E-state index in [0.717, 1.165) is 0 Å². The maximum atomic E-state index is 11.5. The molecule has 1 aromatic carbocycles. The van der Waals surface area contributed by atoms with Crippen LogP contribution in [0.2, 0.25) is 0 Å². The lowest BCUT2D eigenvalue weighted by atomic mass is 10.1. The lowest BCUT2D eigenvalue weighted by Gasteiger charge is -2.17. The van der Waals surface area contributed by atoms with Crippen LogP contribution in [0, 0.1) is 11.3 Å². The second-order valence-electron chi connectivity index (χ2n) is 3.87. The van der Waals surface area contributed by atoms with E-state index < -0.39 is 5.54 Å². The SMILES string of the molecule is CC(C)(N)C(=O)Nc1cccc(C#N)c1. The maximum absolute atomic E-state index is 11.5. The van der Waals surface area contributed by atoms with Crippen molar-refractivity contribution in [3.05, 3.63) is 29.8 Å². The van der Waals surface area contributed by atoms with E-state index in [2.05, 4.69) is 5.32 Å². The van der Waals surface area contributed by atoms with E-state index in [4.69, 9.17) is 11.0 Å². The van der Waals surface area contributed by atoms with E-state index in [1.807, 2.05) is 6.07 Å². The molecule has 0 heterocycles.